The molecule has 1 fully saturated rings. The second kappa shape index (κ2) is 6.66. The molecule has 6 heteroatoms. The molecule has 1 aliphatic heterocycles. The SMILES string of the molecule is O=C(NCCC1CCCCO1)c1cnc(Cl)cn1. The van der Waals surface area contributed by atoms with E-state index >= 15 is 0 Å². The van der Waals surface area contributed by atoms with E-state index < -0.39 is 0 Å². The lowest BCUT2D eigenvalue weighted by atomic mass is 10.1. The summed E-state index contributed by atoms with van der Waals surface area (Å²) in [5, 5.41) is 3.08. The van der Waals surface area contributed by atoms with Crippen LogP contribution in [0.1, 0.15) is 36.2 Å². The number of amides is 1. The Hall–Kier alpha value is -1.20. The molecule has 1 N–H and O–H groups in total. The summed E-state index contributed by atoms with van der Waals surface area (Å²) in [5.74, 6) is -0.227. The molecule has 5 nitrogen and oxygen atoms in total. The number of nitrogens with zero attached hydrogens (tertiary/aromatic N) is 2. The van der Waals surface area contributed by atoms with Crippen LogP contribution in [0.4, 0.5) is 0 Å². The second-order valence-corrected chi connectivity index (χ2v) is 4.64. The molecule has 2 rings (SSSR count). The van der Waals surface area contributed by atoms with Crippen molar-refractivity contribution >= 4 is 17.5 Å². The second-order valence-electron chi connectivity index (χ2n) is 4.26. The molecule has 2 heterocycles. The molecule has 0 aliphatic carbocycles. The van der Waals surface area contributed by atoms with Gasteiger partial charge in [0.05, 0.1) is 18.5 Å². The fraction of sp³-hybridized carbons (Fsp3) is 0.583. The van der Waals surface area contributed by atoms with Crippen LogP contribution in [0.15, 0.2) is 12.4 Å². The van der Waals surface area contributed by atoms with Crippen LogP contribution in [-0.2, 0) is 4.74 Å². The summed E-state index contributed by atoms with van der Waals surface area (Å²) in [6.45, 7) is 1.43. The van der Waals surface area contributed by atoms with E-state index in [1.54, 1.807) is 0 Å². The third-order valence-corrected chi connectivity index (χ3v) is 3.07. The maximum absolute atomic E-state index is 11.7. The fourth-order valence-electron chi connectivity index (χ4n) is 1.90. The normalized spacial score (nSPS) is 19.5. The predicted molar refractivity (Wildman–Crippen MR) is 67.6 cm³/mol. The summed E-state index contributed by atoms with van der Waals surface area (Å²) >= 11 is 5.60. The van der Waals surface area contributed by atoms with E-state index in [4.69, 9.17) is 16.3 Å². The number of aromatic nitrogens is 2. The molecule has 1 amide bonds. The van der Waals surface area contributed by atoms with Crippen LogP contribution in [0.2, 0.25) is 5.15 Å². The Morgan fingerprint density at radius 3 is 3.00 bits per heavy atom. The van der Waals surface area contributed by atoms with E-state index in [-0.39, 0.29) is 22.9 Å². The number of carbonyl (C=O) groups is 1. The Bertz CT molecular complexity index is 391. The van der Waals surface area contributed by atoms with Crippen LogP contribution in [-0.4, -0.2) is 35.1 Å². The Morgan fingerprint density at radius 1 is 1.44 bits per heavy atom. The summed E-state index contributed by atoms with van der Waals surface area (Å²) < 4.78 is 5.58. The fourth-order valence-corrected chi connectivity index (χ4v) is 2.00. The Labute approximate surface area is 111 Å². The molecule has 1 unspecified atom stereocenters. The smallest absolute Gasteiger partial charge is 0.271 e. The molecule has 0 spiro atoms. The highest BCUT2D eigenvalue weighted by atomic mass is 35.5. The van der Waals surface area contributed by atoms with Crippen molar-refractivity contribution in [2.75, 3.05) is 13.2 Å². The third kappa shape index (κ3) is 3.92. The van der Waals surface area contributed by atoms with Gasteiger partial charge in [-0.05, 0) is 25.7 Å². The predicted octanol–water partition coefficient (Wildman–Crippen LogP) is 1.82. The number of hydrogen-bond donors (Lipinski definition) is 1. The standard InChI is InChI=1S/C12H16ClN3O2/c13-11-8-15-10(7-16-11)12(17)14-5-4-9-3-1-2-6-18-9/h7-9H,1-6H2,(H,14,17). The molecule has 0 aromatic carbocycles. The molecule has 1 atom stereocenters. The topological polar surface area (TPSA) is 64.1 Å². The van der Waals surface area contributed by atoms with Gasteiger partial charge in [0.1, 0.15) is 10.8 Å². The van der Waals surface area contributed by atoms with Gasteiger partial charge >= 0.3 is 0 Å². The van der Waals surface area contributed by atoms with Gasteiger partial charge in [-0.25, -0.2) is 9.97 Å². The van der Waals surface area contributed by atoms with E-state index in [0.29, 0.717) is 6.54 Å². The largest absolute Gasteiger partial charge is 0.378 e. The highest BCUT2D eigenvalue weighted by Gasteiger charge is 2.14. The van der Waals surface area contributed by atoms with Crippen molar-refractivity contribution in [1.29, 1.82) is 0 Å². The third-order valence-electron chi connectivity index (χ3n) is 2.88. The van der Waals surface area contributed by atoms with Crippen molar-refractivity contribution in [3.05, 3.63) is 23.2 Å². The molecule has 0 radical (unpaired) electrons. The zero-order valence-corrected chi connectivity index (χ0v) is 10.8. The summed E-state index contributed by atoms with van der Waals surface area (Å²) in [6, 6.07) is 0. The lowest BCUT2D eigenvalue weighted by molar-refractivity contribution is 0.0117. The van der Waals surface area contributed by atoms with E-state index in [0.717, 1.165) is 25.9 Å². The molecule has 1 aliphatic rings. The molecule has 18 heavy (non-hydrogen) atoms. The van der Waals surface area contributed by atoms with E-state index in [1.165, 1.54) is 18.8 Å². The Morgan fingerprint density at radius 2 is 2.33 bits per heavy atom. The minimum absolute atomic E-state index is 0.227. The van der Waals surface area contributed by atoms with Gasteiger partial charge < -0.3 is 10.1 Å². The van der Waals surface area contributed by atoms with Crippen LogP contribution in [0.5, 0.6) is 0 Å². The molecule has 1 saturated heterocycles. The lowest BCUT2D eigenvalue weighted by Gasteiger charge is -2.22. The number of hydrogen-bond acceptors (Lipinski definition) is 4. The van der Waals surface area contributed by atoms with Crippen molar-refractivity contribution in [3.63, 3.8) is 0 Å². The highest BCUT2D eigenvalue weighted by Crippen LogP contribution is 2.14. The average molecular weight is 270 g/mol. The molecule has 0 bridgehead atoms. The first-order valence-electron chi connectivity index (χ1n) is 6.13. The number of halogens is 1. The van der Waals surface area contributed by atoms with E-state index in [1.807, 2.05) is 0 Å². The van der Waals surface area contributed by atoms with Crippen LogP contribution in [0, 0.1) is 0 Å². The van der Waals surface area contributed by atoms with E-state index in [9.17, 15) is 4.79 Å². The zero-order chi connectivity index (χ0) is 12.8. The summed E-state index contributed by atoms with van der Waals surface area (Å²) in [5.41, 5.74) is 0.281. The summed E-state index contributed by atoms with van der Waals surface area (Å²) in [4.78, 5) is 19.4. The van der Waals surface area contributed by atoms with Crippen LogP contribution >= 0.6 is 11.6 Å². The summed E-state index contributed by atoms with van der Waals surface area (Å²) in [6.07, 6.45) is 7.28. The van der Waals surface area contributed by atoms with Gasteiger partial charge in [-0.15, -0.1) is 0 Å². The molecular formula is C12H16ClN3O2. The molecule has 1 aromatic heterocycles. The van der Waals surface area contributed by atoms with Gasteiger partial charge in [0.25, 0.3) is 5.91 Å². The maximum Gasteiger partial charge on any atom is 0.271 e. The van der Waals surface area contributed by atoms with Crippen molar-refractivity contribution in [1.82, 2.24) is 15.3 Å². The van der Waals surface area contributed by atoms with Crippen LogP contribution in [0.3, 0.4) is 0 Å². The van der Waals surface area contributed by atoms with Crippen molar-refractivity contribution < 1.29 is 9.53 Å². The molecule has 0 saturated carbocycles. The minimum atomic E-state index is -0.227. The van der Waals surface area contributed by atoms with Crippen molar-refractivity contribution in [3.8, 4) is 0 Å². The maximum atomic E-state index is 11.7. The first kappa shape index (κ1) is 13.2. The van der Waals surface area contributed by atoms with Crippen LogP contribution < -0.4 is 5.32 Å². The van der Waals surface area contributed by atoms with Gasteiger partial charge in [-0.2, -0.15) is 0 Å². The van der Waals surface area contributed by atoms with Gasteiger partial charge in [-0.3, -0.25) is 4.79 Å². The van der Waals surface area contributed by atoms with Gasteiger partial charge in [-0.1, -0.05) is 11.6 Å². The lowest BCUT2D eigenvalue weighted by Crippen LogP contribution is -2.30. The Kier molecular flexibility index (Phi) is 4.90. The summed E-state index contributed by atoms with van der Waals surface area (Å²) in [7, 11) is 0. The average Bonchev–Trinajstić information content (AvgIpc) is 2.40. The van der Waals surface area contributed by atoms with Crippen molar-refractivity contribution in [2.45, 2.75) is 31.8 Å². The minimum Gasteiger partial charge on any atom is -0.378 e. The molecular weight excluding hydrogens is 254 g/mol. The molecule has 98 valence electrons. The zero-order valence-electron chi connectivity index (χ0n) is 10.1. The monoisotopic (exact) mass is 269 g/mol. The van der Waals surface area contributed by atoms with Gasteiger partial charge in [0.15, 0.2) is 0 Å². The van der Waals surface area contributed by atoms with E-state index in [2.05, 4.69) is 15.3 Å². The van der Waals surface area contributed by atoms with Crippen LogP contribution in [0.25, 0.3) is 0 Å². The number of rotatable bonds is 4. The molecule has 1 aromatic rings. The number of carbonyl (C=O) groups excluding carboxylic acids is 1. The first-order valence-corrected chi connectivity index (χ1v) is 6.51. The van der Waals surface area contributed by atoms with Gasteiger partial charge in [0, 0.05) is 13.2 Å². The van der Waals surface area contributed by atoms with Gasteiger partial charge in [0.2, 0.25) is 0 Å². The number of nitrogens with one attached hydrogen (secondary N) is 1. The quantitative estimate of drug-likeness (QED) is 0.906. The van der Waals surface area contributed by atoms with Crippen molar-refractivity contribution in [2.24, 2.45) is 0 Å². The highest BCUT2D eigenvalue weighted by molar-refractivity contribution is 6.29. The number of ether oxygens (including phenoxy) is 1. The Balaban J connectivity index is 1.72. The first-order chi connectivity index (χ1) is 8.75.